The number of likely N-dealkylation sites (N-methyl/N-ethyl adjacent to an activating group) is 1. The minimum atomic E-state index is -0.741. The smallest absolute Gasteiger partial charge is 0.238 e. The lowest BCUT2D eigenvalue weighted by Crippen LogP contribution is -2.53. The second-order valence-corrected chi connectivity index (χ2v) is 7.42. The van der Waals surface area contributed by atoms with Crippen molar-refractivity contribution in [2.75, 3.05) is 39.3 Å². The summed E-state index contributed by atoms with van der Waals surface area (Å²) in [7, 11) is 0. The van der Waals surface area contributed by atoms with E-state index in [0.29, 0.717) is 19.4 Å². The van der Waals surface area contributed by atoms with E-state index in [0.717, 1.165) is 39.1 Å². The monoisotopic (exact) mass is 333 g/mol. The van der Waals surface area contributed by atoms with Crippen molar-refractivity contribution >= 4 is 11.8 Å². The summed E-state index contributed by atoms with van der Waals surface area (Å²) in [5.41, 5.74) is 0.725. The lowest BCUT2D eigenvalue weighted by molar-refractivity contribution is -0.145. The van der Waals surface area contributed by atoms with E-state index < -0.39 is 5.41 Å². The highest BCUT2D eigenvalue weighted by molar-refractivity contribution is 6.07. The lowest BCUT2D eigenvalue weighted by Gasteiger charge is -2.35. The zero-order valence-electron chi connectivity index (χ0n) is 15.0. The zero-order valence-corrected chi connectivity index (χ0v) is 15.0. The Morgan fingerprint density at radius 1 is 1.17 bits per heavy atom. The summed E-state index contributed by atoms with van der Waals surface area (Å²) in [6, 6.07) is 0. The first-order chi connectivity index (χ1) is 11.7. The highest BCUT2D eigenvalue weighted by atomic mass is 16.2. The minimum Gasteiger partial charge on any atom is -0.355 e. The predicted octanol–water partition coefficient (Wildman–Crippen LogP) is 1.94. The Labute approximate surface area is 145 Å². The van der Waals surface area contributed by atoms with Crippen molar-refractivity contribution in [2.24, 2.45) is 5.41 Å². The average molecular weight is 333 g/mol. The van der Waals surface area contributed by atoms with E-state index in [1.807, 2.05) is 4.90 Å². The van der Waals surface area contributed by atoms with Crippen LogP contribution in [0.3, 0.4) is 0 Å². The maximum Gasteiger partial charge on any atom is 0.238 e. The molecular weight excluding hydrogens is 302 g/mol. The predicted molar refractivity (Wildman–Crippen MR) is 94.5 cm³/mol. The van der Waals surface area contributed by atoms with E-state index in [2.05, 4.69) is 23.2 Å². The maximum atomic E-state index is 12.8. The first-order valence-corrected chi connectivity index (χ1v) is 9.63. The van der Waals surface area contributed by atoms with Crippen molar-refractivity contribution in [1.82, 2.24) is 15.1 Å². The minimum absolute atomic E-state index is 0.0400. The molecule has 24 heavy (non-hydrogen) atoms. The molecule has 1 aliphatic heterocycles. The van der Waals surface area contributed by atoms with Gasteiger partial charge in [0.1, 0.15) is 5.41 Å². The summed E-state index contributed by atoms with van der Waals surface area (Å²) < 4.78 is 0. The Morgan fingerprint density at radius 3 is 2.50 bits per heavy atom. The van der Waals surface area contributed by atoms with Gasteiger partial charge in [-0.3, -0.25) is 9.59 Å². The number of amides is 2. The molecule has 0 unspecified atom stereocenters. The van der Waals surface area contributed by atoms with Crippen LogP contribution in [0.2, 0.25) is 0 Å². The van der Waals surface area contributed by atoms with E-state index >= 15 is 0 Å². The lowest BCUT2D eigenvalue weighted by atomic mass is 9.97. The van der Waals surface area contributed by atoms with Gasteiger partial charge in [-0.15, -0.1) is 0 Å². The highest BCUT2D eigenvalue weighted by Gasteiger charge is 2.57. The van der Waals surface area contributed by atoms with Crippen molar-refractivity contribution in [1.29, 1.82) is 0 Å². The van der Waals surface area contributed by atoms with Gasteiger partial charge >= 0.3 is 0 Å². The average Bonchev–Trinajstić information content (AvgIpc) is 3.44. The van der Waals surface area contributed by atoms with Crippen molar-refractivity contribution in [2.45, 2.75) is 51.9 Å². The first-order valence-electron chi connectivity index (χ1n) is 9.63. The fraction of sp³-hybridized carbons (Fsp3) is 0.789. The molecule has 0 radical (unpaired) electrons. The van der Waals surface area contributed by atoms with Crippen molar-refractivity contribution in [3.05, 3.63) is 11.6 Å². The fourth-order valence-corrected chi connectivity index (χ4v) is 3.87. The normalized spacial score (nSPS) is 23.5. The topological polar surface area (TPSA) is 52.7 Å². The fourth-order valence-electron chi connectivity index (χ4n) is 3.87. The molecule has 3 rings (SSSR count). The molecular formula is C19H31N3O2. The molecule has 0 aromatic carbocycles. The maximum absolute atomic E-state index is 12.8. The molecule has 2 fully saturated rings. The number of carbonyl (C=O) groups is 2. The van der Waals surface area contributed by atoms with Crippen LogP contribution in [0.1, 0.15) is 51.9 Å². The van der Waals surface area contributed by atoms with E-state index in [1.54, 1.807) is 0 Å². The van der Waals surface area contributed by atoms with E-state index in [1.165, 1.54) is 31.3 Å². The number of nitrogens with one attached hydrogen (secondary N) is 1. The molecule has 0 aromatic heterocycles. The molecule has 0 aromatic rings. The molecule has 1 heterocycles. The van der Waals surface area contributed by atoms with Gasteiger partial charge in [-0.1, -0.05) is 18.6 Å². The summed E-state index contributed by atoms with van der Waals surface area (Å²) in [5, 5.41) is 3.03. The van der Waals surface area contributed by atoms with Crippen LogP contribution < -0.4 is 5.32 Å². The van der Waals surface area contributed by atoms with Gasteiger partial charge in [0.25, 0.3) is 0 Å². The van der Waals surface area contributed by atoms with Crippen molar-refractivity contribution in [3.8, 4) is 0 Å². The Hall–Kier alpha value is -1.36. The van der Waals surface area contributed by atoms with Gasteiger partial charge in [0, 0.05) is 32.7 Å². The number of rotatable bonds is 6. The van der Waals surface area contributed by atoms with Crippen LogP contribution in [0.15, 0.2) is 11.6 Å². The molecule has 5 heteroatoms. The summed E-state index contributed by atoms with van der Waals surface area (Å²) >= 11 is 0. The van der Waals surface area contributed by atoms with Gasteiger partial charge in [-0.2, -0.15) is 0 Å². The second kappa shape index (κ2) is 7.68. The van der Waals surface area contributed by atoms with Crippen LogP contribution in [0.4, 0.5) is 0 Å². The first kappa shape index (κ1) is 17.5. The number of hydrogen-bond acceptors (Lipinski definition) is 3. The molecule has 1 saturated heterocycles. The summed E-state index contributed by atoms with van der Waals surface area (Å²) in [4.78, 5) is 29.7. The molecule has 0 bridgehead atoms. The van der Waals surface area contributed by atoms with Gasteiger partial charge in [-0.25, -0.2) is 0 Å². The van der Waals surface area contributed by atoms with Crippen molar-refractivity contribution in [3.63, 3.8) is 0 Å². The van der Waals surface area contributed by atoms with Gasteiger partial charge < -0.3 is 15.1 Å². The van der Waals surface area contributed by atoms with Gasteiger partial charge in [0.15, 0.2) is 0 Å². The summed E-state index contributed by atoms with van der Waals surface area (Å²) in [6.07, 6.45) is 9.59. The number of hydrogen-bond donors (Lipinski definition) is 1. The Bertz CT molecular complexity index is 503. The standard InChI is InChI=1S/C19H31N3O2/c1-2-21-12-14-22(15-13-21)18(24)19(9-10-19)17(23)20-11-8-16-6-4-3-5-7-16/h6H,2-5,7-15H2,1H3,(H,20,23). The zero-order chi connectivity index (χ0) is 17.0. The van der Waals surface area contributed by atoms with Crippen LogP contribution in [0.5, 0.6) is 0 Å². The van der Waals surface area contributed by atoms with Gasteiger partial charge in [0.05, 0.1) is 0 Å². The molecule has 0 atom stereocenters. The number of piperazine rings is 1. The third kappa shape index (κ3) is 3.82. The van der Waals surface area contributed by atoms with E-state index in [-0.39, 0.29) is 11.8 Å². The molecule has 3 aliphatic rings. The molecule has 2 amide bonds. The molecule has 2 aliphatic carbocycles. The second-order valence-electron chi connectivity index (χ2n) is 7.42. The Morgan fingerprint density at radius 2 is 1.92 bits per heavy atom. The number of allylic oxidation sites excluding steroid dienone is 1. The van der Waals surface area contributed by atoms with Crippen molar-refractivity contribution < 1.29 is 9.59 Å². The Kier molecular flexibility index (Phi) is 5.59. The quantitative estimate of drug-likeness (QED) is 0.597. The molecule has 0 spiro atoms. The third-order valence-electron chi connectivity index (χ3n) is 5.82. The van der Waals surface area contributed by atoms with Crippen LogP contribution in [0, 0.1) is 5.41 Å². The number of carbonyl (C=O) groups excluding carboxylic acids is 2. The Balaban J connectivity index is 1.47. The van der Waals surface area contributed by atoms with Gasteiger partial charge in [0.2, 0.25) is 11.8 Å². The molecule has 5 nitrogen and oxygen atoms in total. The van der Waals surface area contributed by atoms with Crippen LogP contribution in [-0.2, 0) is 9.59 Å². The largest absolute Gasteiger partial charge is 0.355 e. The molecule has 134 valence electrons. The summed E-state index contributed by atoms with van der Waals surface area (Å²) in [6.45, 7) is 7.22. The van der Waals surface area contributed by atoms with Gasteiger partial charge in [-0.05, 0) is 51.5 Å². The van der Waals surface area contributed by atoms with Crippen LogP contribution in [-0.4, -0.2) is 60.9 Å². The third-order valence-corrected chi connectivity index (χ3v) is 5.82. The number of nitrogens with zero attached hydrogens (tertiary/aromatic N) is 2. The molecule has 1 saturated carbocycles. The van der Waals surface area contributed by atoms with E-state index in [4.69, 9.17) is 0 Å². The summed E-state index contributed by atoms with van der Waals surface area (Å²) in [5.74, 6) is 0.0227. The molecule has 1 N–H and O–H groups in total. The van der Waals surface area contributed by atoms with Crippen LogP contribution >= 0.6 is 0 Å². The van der Waals surface area contributed by atoms with Crippen LogP contribution in [0.25, 0.3) is 0 Å². The SMILES string of the molecule is CCN1CCN(C(=O)C2(C(=O)NCCC3=CCCCC3)CC2)CC1. The van der Waals surface area contributed by atoms with E-state index in [9.17, 15) is 9.59 Å². The highest BCUT2D eigenvalue weighted by Crippen LogP contribution is 2.47.